The Bertz CT molecular complexity index is 405. The first-order chi connectivity index (χ1) is 10.3. The Hall–Kier alpha value is -1.00. The van der Waals surface area contributed by atoms with Crippen molar-refractivity contribution in [2.45, 2.75) is 31.4 Å². The van der Waals surface area contributed by atoms with Crippen molar-refractivity contribution in [2.24, 2.45) is 0 Å². The summed E-state index contributed by atoms with van der Waals surface area (Å²) in [7, 11) is 0. The third kappa shape index (κ3) is 7.00. The molecule has 21 heavy (non-hydrogen) atoms. The summed E-state index contributed by atoms with van der Waals surface area (Å²) in [6, 6.07) is 10.3. The second kappa shape index (κ2) is 9.85. The average Bonchev–Trinajstić information content (AvgIpc) is 2.54. The van der Waals surface area contributed by atoms with Crippen LogP contribution in [0, 0.1) is 0 Å². The van der Waals surface area contributed by atoms with Gasteiger partial charge >= 0.3 is 0 Å². The molecule has 0 radical (unpaired) electrons. The lowest BCUT2D eigenvalue weighted by atomic mass is 10.1. The van der Waals surface area contributed by atoms with E-state index >= 15 is 0 Å². The number of hydrogen-bond donors (Lipinski definition) is 1. The summed E-state index contributed by atoms with van der Waals surface area (Å²) in [6.07, 6.45) is 5.12. The van der Waals surface area contributed by atoms with Crippen molar-refractivity contribution in [3.05, 3.63) is 35.9 Å². The van der Waals surface area contributed by atoms with Crippen LogP contribution in [0.25, 0.3) is 0 Å². The predicted octanol–water partition coefficient (Wildman–Crippen LogP) is 2.91. The van der Waals surface area contributed by atoms with Crippen LogP contribution in [0.3, 0.4) is 0 Å². The van der Waals surface area contributed by atoms with Gasteiger partial charge in [0.05, 0.1) is 5.75 Å². The maximum Gasteiger partial charge on any atom is 0.230 e. The first-order valence-electron chi connectivity index (χ1n) is 7.95. The fourth-order valence-electron chi connectivity index (χ4n) is 2.60. The van der Waals surface area contributed by atoms with E-state index in [1.807, 2.05) is 18.2 Å². The van der Waals surface area contributed by atoms with E-state index in [9.17, 15) is 4.79 Å². The van der Waals surface area contributed by atoms with Gasteiger partial charge in [-0.25, -0.2) is 0 Å². The third-order valence-corrected chi connectivity index (χ3v) is 4.77. The Morgan fingerprint density at radius 3 is 2.67 bits per heavy atom. The van der Waals surface area contributed by atoms with Crippen molar-refractivity contribution < 1.29 is 4.79 Å². The first kappa shape index (κ1) is 16.4. The molecule has 1 aliphatic rings. The zero-order valence-corrected chi connectivity index (χ0v) is 13.5. The number of nitrogens with one attached hydrogen (secondary N) is 1. The summed E-state index contributed by atoms with van der Waals surface area (Å²) in [4.78, 5) is 14.3. The maximum absolute atomic E-state index is 11.7. The number of piperidine rings is 1. The van der Waals surface area contributed by atoms with Crippen LogP contribution in [-0.4, -0.2) is 42.7 Å². The molecule has 3 nitrogen and oxygen atoms in total. The van der Waals surface area contributed by atoms with Crippen LogP contribution in [0.5, 0.6) is 0 Å². The SMILES string of the molecule is O=C(CSCc1ccccc1)NCCCN1CCCCC1. The lowest BCUT2D eigenvalue weighted by molar-refractivity contribution is -0.118. The summed E-state index contributed by atoms with van der Waals surface area (Å²) in [5.74, 6) is 1.62. The molecule has 0 aromatic heterocycles. The molecule has 1 heterocycles. The maximum atomic E-state index is 11.7. The van der Waals surface area contributed by atoms with Gasteiger partial charge in [0.1, 0.15) is 0 Å². The minimum absolute atomic E-state index is 0.162. The molecule has 1 aliphatic heterocycles. The van der Waals surface area contributed by atoms with Gasteiger partial charge in [0.15, 0.2) is 0 Å². The summed E-state index contributed by atoms with van der Waals surface area (Å²) in [6.45, 7) is 4.40. The van der Waals surface area contributed by atoms with Gasteiger partial charge in [0, 0.05) is 12.3 Å². The average molecular weight is 306 g/mol. The molecule has 0 atom stereocenters. The highest BCUT2D eigenvalue weighted by Crippen LogP contribution is 2.11. The van der Waals surface area contributed by atoms with Crippen molar-refractivity contribution in [3.63, 3.8) is 0 Å². The van der Waals surface area contributed by atoms with Gasteiger partial charge in [-0.1, -0.05) is 36.8 Å². The number of carbonyl (C=O) groups excluding carboxylic acids is 1. The molecule has 116 valence electrons. The number of carbonyl (C=O) groups is 1. The number of rotatable bonds is 8. The zero-order chi connectivity index (χ0) is 14.8. The second-order valence-electron chi connectivity index (χ2n) is 5.58. The van der Waals surface area contributed by atoms with E-state index < -0.39 is 0 Å². The molecular formula is C17H26N2OS. The van der Waals surface area contributed by atoms with E-state index in [2.05, 4.69) is 22.3 Å². The largest absolute Gasteiger partial charge is 0.355 e. The van der Waals surface area contributed by atoms with E-state index in [1.54, 1.807) is 11.8 Å². The highest BCUT2D eigenvalue weighted by molar-refractivity contribution is 7.99. The molecule has 1 saturated heterocycles. The topological polar surface area (TPSA) is 32.3 Å². The van der Waals surface area contributed by atoms with E-state index in [0.717, 1.165) is 25.3 Å². The number of nitrogens with zero attached hydrogens (tertiary/aromatic N) is 1. The Balaban J connectivity index is 1.47. The molecule has 1 aromatic carbocycles. The van der Waals surface area contributed by atoms with Gasteiger partial charge in [0.25, 0.3) is 0 Å². The van der Waals surface area contributed by atoms with Crippen LogP contribution in [0.4, 0.5) is 0 Å². The number of hydrogen-bond acceptors (Lipinski definition) is 3. The Morgan fingerprint density at radius 2 is 1.90 bits per heavy atom. The second-order valence-corrected chi connectivity index (χ2v) is 6.57. The fraction of sp³-hybridized carbons (Fsp3) is 0.588. The van der Waals surface area contributed by atoms with Crippen LogP contribution >= 0.6 is 11.8 Å². The normalized spacial score (nSPS) is 15.8. The Morgan fingerprint density at radius 1 is 1.14 bits per heavy atom. The molecule has 1 aromatic rings. The summed E-state index contributed by atoms with van der Waals surface area (Å²) in [5.41, 5.74) is 1.28. The van der Waals surface area contributed by atoms with Gasteiger partial charge in [-0.2, -0.15) is 0 Å². The first-order valence-corrected chi connectivity index (χ1v) is 9.11. The van der Waals surface area contributed by atoms with Crippen molar-refractivity contribution in [2.75, 3.05) is 31.9 Å². The van der Waals surface area contributed by atoms with E-state index in [-0.39, 0.29) is 5.91 Å². The van der Waals surface area contributed by atoms with E-state index in [4.69, 9.17) is 0 Å². The highest BCUT2D eigenvalue weighted by Gasteiger charge is 2.09. The van der Waals surface area contributed by atoms with Crippen LogP contribution in [0.2, 0.25) is 0 Å². The predicted molar refractivity (Wildman–Crippen MR) is 90.5 cm³/mol. The van der Waals surface area contributed by atoms with Crippen LogP contribution in [-0.2, 0) is 10.5 Å². The molecule has 0 spiro atoms. The summed E-state index contributed by atoms with van der Waals surface area (Å²) < 4.78 is 0. The number of likely N-dealkylation sites (tertiary alicyclic amines) is 1. The minimum Gasteiger partial charge on any atom is -0.355 e. The Kier molecular flexibility index (Phi) is 7.68. The molecule has 2 rings (SSSR count). The minimum atomic E-state index is 0.162. The standard InChI is InChI=1S/C17H26N2OS/c20-17(15-21-14-16-8-3-1-4-9-16)18-10-7-13-19-11-5-2-6-12-19/h1,3-4,8-9H,2,5-7,10-15H2,(H,18,20). The summed E-state index contributed by atoms with van der Waals surface area (Å²) in [5, 5.41) is 3.02. The van der Waals surface area contributed by atoms with Crippen LogP contribution < -0.4 is 5.32 Å². The molecule has 4 heteroatoms. The van der Waals surface area contributed by atoms with Gasteiger partial charge in [-0.05, 0) is 44.5 Å². The fourth-order valence-corrected chi connectivity index (χ4v) is 3.42. The quantitative estimate of drug-likeness (QED) is 0.750. The summed E-state index contributed by atoms with van der Waals surface area (Å²) >= 11 is 1.68. The lowest BCUT2D eigenvalue weighted by Gasteiger charge is -2.26. The zero-order valence-electron chi connectivity index (χ0n) is 12.7. The van der Waals surface area contributed by atoms with Gasteiger partial charge in [-0.15, -0.1) is 11.8 Å². The van der Waals surface area contributed by atoms with E-state index in [0.29, 0.717) is 5.75 Å². The molecule has 0 unspecified atom stereocenters. The van der Waals surface area contributed by atoms with Crippen molar-refractivity contribution in [1.29, 1.82) is 0 Å². The molecule has 0 bridgehead atoms. The monoisotopic (exact) mass is 306 g/mol. The lowest BCUT2D eigenvalue weighted by Crippen LogP contribution is -2.33. The van der Waals surface area contributed by atoms with Crippen LogP contribution in [0.1, 0.15) is 31.2 Å². The highest BCUT2D eigenvalue weighted by atomic mass is 32.2. The molecule has 1 N–H and O–H groups in total. The van der Waals surface area contributed by atoms with Crippen molar-refractivity contribution in [3.8, 4) is 0 Å². The number of amides is 1. The molecule has 0 aliphatic carbocycles. The Labute approximate surface area is 132 Å². The number of thioether (sulfide) groups is 1. The van der Waals surface area contributed by atoms with Gasteiger partial charge in [-0.3, -0.25) is 4.79 Å². The van der Waals surface area contributed by atoms with Crippen molar-refractivity contribution >= 4 is 17.7 Å². The van der Waals surface area contributed by atoms with Crippen LogP contribution in [0.15, 0.2) is 30.3 Å². The van der Waals surface area contributed by atoms with Gasteiger partial charge in [0.2, 0.25) is 5.91 Å². The molecular weight excluding hydrogens is 280 g/mol. The molecule has 0 saturated carbocycles. The van der Waals surface area contributed by atoms with E-state index in [1.165, 1.54) is 37.9 Å². The smallest absolute Gasteiger partial charge is 0.230 e. The number of benzene rings is 1. The van der Waals surface area contributed by atoms with Crippen molar-refractivity contribution in [1.82, 2.24) is 10.2 Å². The molecule has 1 amide bonds. The third-order valence-electron chi connectivity index (χ3n) is 3.77. The molecule has 1 fully saturated rings. The van der Waals surface area contributed by atoms with Gasteiger partial charge < -0.3 is 10.2 Å².